The molecular weight excluding hydrogens is 343 g/mol. The third kappa shape index (κ3) is 12.8. The zero-order valence-electron chi connectivity index (χ0n) is 9.75. The van der Waals surface area contributed by atoms with E-state index in [1.165, 1.54) is 0 Å². The minimum atomic E-state index is -1.54. The summed E-state index contributed by atoms with van der Waals surface area (Å²) in [5.41, 5.74) is 0. The van der Waals surface area contributed by atoms with E-state index in [-0.39, 0.29) is 123 Å². The topological polar surface area (TPSA) is 80.3 Å². The number of carbonyl (C=O) groups is 2. The Labute approximate surface area is 188 Å². The second-order valence-corrected chi connectivity index (χ2v) is 3.04. The van der Waals surface area contributed by atoms with Gasteiger partial charge in [0.25, 0.3) is 0 Å². The first-order valence-corrected chi connectivity index (χ1v) is 4.51. The molecule has 0 aromatic heterocycles. The standard InChI is InChI=1S/C9H16O4.2Rb/c1-2-3-4-5-6-7(8(10)11)9(12)13;;/h7H,2-6H2,1H3,(H,10,11)(H,12,13);;/q;2*+1/p-2. The van der Waals surface area contributed by atoms with Gasteiger partial charge in [0.2, 0.25) is 0 Å². The summed E-state index contributed by atoms with van der Waals surface area (Å²) in [5.74, 6) is -4.54. The van der Waals surface area contributed by atoms with Crippen molar-refractivity contribution in [2.45, 2.75) is 39.0 Å². The van der Waals surface area contributed by atoms with Gasteiger partial charge < -0.3 is 19.8 Å². The summed E-state index contributed by atoms with van der Waals surface area (Å²) in [4.78, 5) is 20.5. The van der Waals surface area contributed by atoms with Crippen LogP contribution in [0.15, 0.2) is 0 Å². The van der Waals surface area contributed by atoms with E-state index >= 15 is 0 Å². The summed E-state index contributed by atoms with van der Waals surface area (Å²) in [7, 11) is 0. The number of hydrogen-bond donors (Lipinski definition) is 0. The summed E-state index contributed by atoms with van der Waals surface area (Å²) in [5, 5.41) is 20.5. The van der Waals surface area contributed by atoms with Crippen LogP contribution in [0.2, 0.25) is 0 Å². The van der Waals surface area contributed by atoms with Crippen molar-refractivity contribution in [3.05, 3.63) is 0 Å². The monoisotopic (exact) mass is 356 g/mol. The van der Waals surface area contributed by atoms with Crippen LogP contribution >= 0.6 is 0 Å². The zero-order valence-corrected chi connectivity index (χ0v) is 19.6. The molecule has 0 fully saturated rings. The normalized spacial score (nSPS) is 8.93. The third-order valence-corrected chi connectivity index (χ3v) is 1.92. The number of carboxylic acid groups (broad SMARTS) is 2. The maximum absolute atomic E-state index is 10.3. The Kier molecular flexibility index (Phi) is 22.1. The van der Waals surface area contributed by atoms with Crippen LogP contribution in [0.4, 0.5) is 0 Å². The van der Waals surface area contributed by atoms with Gasteiger partial charge in [0, 0.05) is 5.92 Å². The SMILES string of the molecule is CCCCCCC(C(=O)[O-])C(=O)[O-].[Rb+].[Rb+]. The summed E-state index contributed by atoms with van der Waals surface area (Å²) >= 11 is 0. The van der Waals surface area contributed by atoms with Crippen LogP contribution in [0.25, 0.3) is 0 Å². The maximum atomic E-state index is 10.3. The second kappa shape index (κ2) is 14.6. The molecule has 0 rings (SSSR count). The van der Waals surface area contributed by atoms with Crippen LogP contribution in [0, 0.1) is 5.92 Å². The minimum absolute atomic E-state index is 0. The molecule has 0 spiro atoms. The van der Waals surface area contributed by atoms with Gasteiger partial charge in [0.1, 0.15) is 0 Å². The van der Waals surface area contributed by atoms with Gasteiger partial charge >= 0.3 is 116 Å². The van der Waals surface area contributed by atoms with Crippen LogP contribution in [0.5, 0.6) is 0 Å². The largest absolute Gasteiger partial charge is 1.00 e. The molecule has 0 N–H and O–H groups in total. The second-order valence-electron chi connectivity index (χ2n) is 3.04. The van der Waals surface area contributed by atoms with Crippen LogP contribution in [0.3, 0.4) is 0 Å². The van der Waals surface area contributed by atoms with Crippen molar-refractivity contribution in [1.29, 1.82) is 0 Å². The Morgan fingerprint density at radius 3 is 1.80 bits per heavy atom. The molecule has 15 heavy (non-hydrogen) atoms. The molecule has 0 bridgehead atoms. The van der Waals surface area contributed by atoms with Crippen LogP contribution < -0.4 is 127 Å². The quantitative estimate of drug-likeness (QED) is 0.335. The van der Waals surface area contributed by atoms with Gasteiger partial charge in [-0.25, -0.2) is 0 Å². The van der Waals surface area contributed by atoms with Crippen LogP contribution in [0.1, 0.15) is 39.0 Å². The summed E-state index contributed by atoms with van der Waals surface area (Å²) in [6, 6.07) is 0. The van der Waals surface area contributed by atoms with E-state index in [1.54, 1.807) is 0 Å². The van der Waals surface area contributed by atoms with Crippen molar-refractivity contribution in [2.75, 3.05) is 0 Å². The van der Waals surface area contributed by atoms with Crippen molar-refractivity contribution in [1.82, 2.24) is 0 Å². The number of carbonyl (C=O) groups excluding carboxylic acids is 2. The van der Waals surface area contributed by atoms with Gasteiger partial charge in [0.05, 0.1) is 11.9 Å². The van der Waals surface area contributed by atoms with E-state index < -0.39 is 17.9 Å². The first-order chi connectivity index (χ1) is 6.09. The van der Waals surface area contributed by atoms with Gasteiger partial charge in [-0.05, 0) is 6.42 Å². The summed E-state index contributed by atoms with van der Waals surface area (Å²) in [6.45, 7) is 2.02. The van der Waals surface area contributed by atoms with Crippen molar-refractivity contribution >= 4 is 11.9 Å². The summed E-state index contributed by atoms with van der Waals surface area (Å²) < 4.78 is 0. The number of carboxylic acids is 2. The Morgan fingerprint density at radius 1 is 1.00 bits per heavy atom. The smallest absolute Gasteiger partial charge is 0.549 e. The predicted octanol–water partition coefficient (Wildman–Crippen LogP) is -6.92. The molecule has 0 heterocycles. The Balaban J connectivity index is -0.000000720. The van der Waals surface area contributed by atoms with Crippen LogP contribution in [-0.4, -0.2) is 11.9 Å². The van der Waals surface area contributed by atoms with E-state index in [2.05, 4.69) is 0 Å². The van der Waals surface area contributed by atoms with E-state index in [4.69, 9.17) is 0 Å². The predicted molar refractivity (Wildman–Crippen MR) is 42.3 cm³/mol. The fraction of sp³-hybridized carbons (Fsp3) is 0.778. The molecule has 0 saturated carbocycles. The Morgan fingerprint density at radius 2 is 1.47 bits per heavy atom. The summed E-state index contributed by atoms with van der Waals surface area (Å²) in [6.07, 6.45) is 3.59. The van der Waals surface area contributed by atoms with Gasteiger partial charge in [-0.15, -0.1) is 0 Å². The number of hydrogen-bond acceptors (Lipinski definition) is 4. The molecule has 0 radical (unpaired) electrons. The molecule has 76 valence electrons. The van der Waals surface area contributed by atoms with Crippen LogP contribution in [-0.2, 0) is 9.59 Å². The molecule has 0 atom stereocenters. The van der Waals surface area contributed by atoms with Gasteiger partial charge in [-0.3, -0.25) is 0 Å². The minimum Gasteiger partial charge on any atom is -0.549 e. The van der Waals surface area contributed by atoms with E-state index in [9.17, 15) is 19.8 Å². The fourth-order valence-electron chi connectivity index (χ4n) is 1.11. The first kappa shape index (κ1) is 22.7. The number of rotatable bonds is 7. The molecule has 0 saturated heterocycles. The maximum Gasteiger partial charge on any atom is 1.00 e. The molecular formula is C9H14O4Rb2. The van der Waals surface area contributed by atoms with Crippen molar-refractivity contribution in [3.8, 4) is 0 Å². The molecule has 0 aromatic carbocycles. The molecule has 0 aliphatic carbocycles. The van der Waals surface area contributed by atoms with Gasteiger partial charge in [0.15, 0.2) is 0 Å². The number of unbranched alkanes of at least 4 members (excludes halogenated alkanes) is 3. The van der Waals surface area contributed by atoms with E-state index in [0.29, 0.717) is 6.42 Å². The molecule has 0 amide bonds. The van der Waals surface area contributed by atoms with Gasteiger partial charge in [-0.1, -0.05) is 32.6 Å². The molecule has 0 aliphatic heterocycles. The number of aliphatic carboxylic acids is 2. The first-order valence-electron chi connectivity index (χ1n) is 4.51. The Hall–Kier alpha value is 2.55. The molecule has 0 aromatic rings. The van der Waals surface area contributed by atoms with E-state index in [1.807, 2.05) is 6.92 Å². The third-order valence-electron chi connectivity index (χ3n) is 1.92. The zero-order chi connectivity index (χ0) is 10.3. The van der Waals surface area contributed by atoms with Gasteiger partial charge in [-0.2, -0.15) is 0 Å². The van der Waals surface area contributed by atoms with Crippen molar-refractivity contribution < 1.29 is 136 Å². The molecule has 6 heteroatoms. The average Bonchev–Trinajstić information content (AvgIpc) is 2.02. The van der Waals surface area contributed by atoms with E-state index in [0.717, 1.165) is 19.3 Å². The molecule has 0 aliphatic rings. The molecule has 0 unspecified atom stereocenters. The average molecular weight is 357 g/mol. The van der Waals surface area contributed by atoms with Crippen molar-refractivity contribution in [3.63, 3.8) is 0 Å². The fourth-order valence-corrected chi connectivity index (χ4v) is 1.11. The van der Waals surface area contributed by atoms with Crippen molar-refractivity contribution in [2.24, 2.45) is 5.92 Å². The molecule has 4 nitrogen and oxygen atoms in total. The Bertz CT molecular complexity index is 171.